The van der Waals surface area contributed by atoms with Crippen LogP contribution in [0.5, 0.6) is 0 Å². The SMILES string of the molecule is CCCCc1nc(Cl)c(CCl)n1Cc1ccccc1Cl. The number of alkyl halides is 1. The monoisotopic (exact) mass is 330 g/mol. The number of hydrogen-bond donors (Lipinski definition) is 0. The van der Waals surface area contributed by atoms with Crippen molar-refractivity contribution >= 4 is 34.8 Å². The number of aromatic nitrogens is 2. The van der Waals surface area contributed by atoms with Gasteiger partial charge in [-0.2, -0.15) is 0 Å². The molecule has 20 heavy (non-hydrogen) atoms. The smallest absolute Gasteiger partial charge is 0.151 e. The van der Waals surface area contributed by atoms with Crippen LogP contribution in [0.25, 0.3) is 0 Å². The molecular formula is C15H17Cl3N2. The number of nitrogens with zero attached hydrogens (tertiary/aromatic N) is 2. The second kappa shape index (κ2) is 7.35. The summed E-state index contributed by atoms with van der Waals surface area (Å²) in [6.45, 7) is 2.81. The van der Waals surface area contributed by atoms with Crippen molar-refractivity contribution in [3.8, 4) is 0 Å². The van der Waals surface area contributed by atoms with Crippen molar-refractivity contribution in [1.29, 1.82) is 0 Å². The molecule has 0 aliphatic heterocycles. The van der Waals surface area contributed by atoms with E-state index in [-0.39, 0.29) is 0 Å². The maximum absolute atomic E-state index is 6.23. The van der Waals surface area contributed by atoms with Gasteiger partial charge in [0, 0.05) is 11.4 Å². The molecule has 1 aromatic carbocycles. The van der Waals surface area contributed by atoms with Gasteiger partial charge in [-0.3, -0.25) is 0 Å². The average molecular weight is 332 g/mol. The molecule has 0 saturated carbocycles. The Labute approximate surface area is 134 Å². The van der Waals surface area contributed by atoms with E-state index in [1.807, 2.05) is 24.3 Å². The first-order valence-electron chi connectivity index (χ1n) is 6.70. The zero-order valence-corrected chi connectivity index (χ0v) is 13.6. The van der Waals surface area contributed by atoms with E-state index in [2.05, 4.69) is 16.5 Å². The van der Waals surface area contributed by atoms with Gasteiger partial charge in [0.2, 0.25) is 0 Å². The van der Waals surface area contributed by atoms with Gasteiger partial charge in [-0.1, -0.05) is 54.7 Å². The Morgan fingerprint density at radius 2 is 1.95 bits per heavy atom. The number of halogens is 3. The molecule has 1 aromatic heterocycles. The van der Waals surface area contributed by atoms with Gasteiger partial charge < -0.3 is 4.57 Å². The highest BCUT2D eigenvalue weighted by molar-refractivity contribution is 6.31. The number of hydrogen-bond acceptors (Lipinski definition) is 1. The fraction of sp³-hybridized carbons (Fsp3) is 0.400. The minimum atomic E-state index is 0.350. The Morgan fingerprint density at radius 1 is 1.20 bits per heavy atom. The van der Waals surface area contributed by atoms with Crippen molar-refractivity contribution in [3.63, 3.8) is 0 Å². The molecule has 0 aliphatic carbocycles. The van der Waals surface area contributed by atoms with E-state index >= 15 is 0 Å². The third-order valence-electron chi connectivity index (χ3n) is 3.27. The normalized spacial score (nSPS) is 11.0. The van der Waals surface area contributed by atoms with Crippen LogP contribution in [0.3, 0.4) is 0 Å². The molecule has 0 unspecified atom stereocenters. The molecule has 2 rings (SSSR count). The second-order valence-electron chi connectivity index (χ2n) is 4.68. The van der Waals surface area contributed by atoms with Crippen LogP contribution < -0.4 is 0 Å². The predicted molar refractivity (Wildman–Crippen MR) is 86.0 cm³/mol. The molecule has 0 radical (unpaired) electrons. The Hall–Kier alpha value is -0.700. The van der Waals surface area contributed by atoms with Crippen molar-refractivity contribution in [2.24, 2.45) is 0 Å². The van der Waals surface area contributed by atoms with Gasteiger partial charge in [0.25, 0.3) is 0 Å². The topological polar surface area (TPSA) is 17.8 Å². The molecule has 0 atom stereocenters. The Bertz CT molecular complexity index is 578. The van der Waals surface area contributed by atoms with Crippen molar-refractivity contribution < 1.29 is 0 Å². The number of imidazole rings is 1. The third kappa shape index (κ3) is 3.49. The van der Waals surface area contributed by atoms with E-state index in [1.54, 1.807) is 0 Å². The van der Waals surface area contributed by atoms with E-state index in [4.69, 9.17) is 34.8 Å². The van der Waals surface area contributed by atoms with Gasteiger partial charge >= 0.3 is 0 Å². The van der Waals surface area contributed by atoms with Gasteiger partial charge in [0.05, 0.1) is 18.1 Å². The summed E-state index contributed by atoms with van der Waals surface area (Å²) in [5.74, 6) is 1.33. The summed E-state index contributed by atoms with van der Waals surface area (Å²) in [6.07, 6.45) is 3.10. The second-order valence-corrected chi connectivity index (χ2v) is 5.71. The third-order valence-corrected chi connectivity index (χ3v) is 4.19. The van der Waals surface area contributed by atoms with Crippen LogP contribution in [0.2, 0.25) is 10.2 Å². The molecule has 2 aromatic rings. The highest BCUT2D eigenvalue weighted by Crippen LogP contribution is 2.24. The van der Waals surface area contributed by atoms with Gasteiger partial charge in [0.15, 0.2) is 5.15 Å². The lowest BCUT2D eigenvalue weighted by molar-refractivity contribution is 0.665. The fourth-order valence-corrected chi connectivity index (χ4v) is 2.94. The zero-order chi connectivity index (χ0) is 14.5. The van der Waals surface area contributed by atoms with Crippen LogP contribution in [0.15, 0.2) is 24.3 Å². The molecule has 0 bridgehead atoms. The van der Waals surface area contributed by atoms with Crippen LogP contribution in [0.4, 0.5) is 0 Å². The first-order chi connectivity index (χ1) is 9.67. The molecule has 2 nitrogen and oxygen atoms in total. The highest BCUT2D eigenvalue weighted by atomic mass is 35.5. The summed E-state index contributed by atoms with van der Waals surface area (Å²) < 4.78 is 2.09. The maximum Gasteiger partial charge on any atom is 0.151 e. The van der Waals surface area contributed by atoms with Crippen molar-refractivity contribution in [2.75, 3.05) is 0 Å². The molecule has 0 saturated heterocycles. The van der Waals surface area contributed by atoms with Crippen LogP contribution in [-0.4, -0.2) is 9.55 Å². The summed E-state index contributed by atoms with van der Waals surface area (Å²) in [7, 11) is 0. The molecule has 0 fully saturated rings. The zero-order valence-electron chi connectivity index (χ0n) is 11.4. The lowest BCUT2D eigenvalue weighted by Gasteiger charge is -2.12. The number of rotatable bonds is 6. The van der Waals surface area contributed by atoms with Gasteiger partial charge in [-0.15, -0.1) is 11.6 Å². The minimum absolute atomic E-state index is 0.350. The number of unbranched alkanes of at least 4 members (excludes halogenated alkanes) is 1. The Balaban J connectivity index is 2.35. The molecule has 1 heterocycles. The quantitative estimate of drug-likeness (QED) is 0.655. The molecule has 0 N–H and O–H groups in total. The van der Waals surface area contributed by atoms with Crippen molar-refractivity contribution in [1.82, 2.24) is 9.55 Å². The number of aryl methyl sites for hydroxylation is 1. The van der Waals surface area contributed by atoms with Crippen LogP contribution in [0, 0.1) is 0 Å². The van der Waals surface area contributed by atoms with E-state index in [0.717, 1.165) is 41.4 Å². The van der Waals surface area contributed by atoms with E-state index in [9.17, 15) is 0 Å². The molecule has 0 spiro atoms. The summed E-state index contributed by atoms with van der Waals surface area (Å²) >= 11 is 18.4. The van der Waals surface area contributed by atoms with Crippen LogP contribution in [-0.2, 0) is 18.8 Å². The molecule has 108 valence electrons. The van der Waals surface area contributed by atoms with Crippen molar-refractivity contribution in [2.45, 2.75) is 38.6 Å². The Kier molecular flexibility index (Phi) is 5.76. The van der Waals surface area contributed by atoms with E-state index in [0.29, 0.717) is 17.6 Å². The van der Waals surface area contributed by atoms with Crippen molar-refractivity contribution in [3.05, 3.63) is 51.5 Å². The minimum Gasteiger partial charge on any atom is -0.325 e. The molecule has 0 amide bonds. The maximum atomic E-state index is 6.23. The number of benzene rings is 1. The standard InChI is InChI=1S/C15H17Cl3N2/c1-2-3-8-14-19-15(18)13(9-16)20(14)10-11-6-4-5-7-12(11)17/h4-7H,2-3,8-10H2,1H3. The summed E-state index contributed by atoms with van der Waals surface area (Å²) in [6, 6.07) is 7.80. The molecular weight excluding hydrogens is 315 g/mol. The van der Waals surface area contributed by atoms with Gasteiger partial charge in [-0.25, -0.2) is 4.98 Å². The Morgan fingerprint density at radius 3 is 2.60 bits per heavy atom. The van der Waals surface area contributed by atoms with Crippen LogP contribution >= 0.6 is 34.8 Å². The predicted octanol–water partition coefficient (Wildman–Crippen LogP) is 5.32. The lowest BCUT2D eigenvalue weighted by Crippen LogP contribution is -2.08. The summed E-state index contributed by atoms with van der Waals surface area (Å²) in [5, 5.41) is 1.25. The first kappa shape index (κ1) is 15.7. The van der Waals surface area contributed by atoms with Crippen LogP contribution in [0.1, 0.15) is 36.8 Å². The highest BCUT2D eigenvalue weighted by Gasteiger charge is 2.15. The molecule has 0 aliphatic rings. The summed E-state index contributed by atoms with van der Waals surface area (Å²) in [4.78, 5) is 4.45. The van der Waals surface area contributed by atoms with E-state index in [1.165, 1.54) is 0 Å². The lowest BCUT2D eigenvalue weighted by atomic mass is 10.2. The summed E-state index contributed by atoms with van der Waals surface area (Å²) in [5.41, 5.74) is 1.91. The molecule has 5 heteroatoms. The van der Waals surface area contributed by atoms with Gasteiger partial charge in [-0.05, 0) is 18.1 Å². The van der Waals surface area contributed by atoms with E-state index < -0.39 is 0 Å². The first-order valence-corrected chi connectivity index (χ1v) is 7.99. The largest absolute Gasteiger partial charge is 0.325 e. The van der Waals surface area contributed by atoms with Gasteiger partial charge in [0.1, 0.15) is 5.82 Å². The fourth-order valence-electron chi connectivity index (χ4n) is 2.14. The average Bonchev–Trinajstić information content (AvgIpc) is 2.74.